The second kappa shape index (κ2) is 9.23. The fraction of sp³-hybridized carbons (Fsp3) is 0.650. The fourth-order valence-corrected chi connectivity index (χ4v) is 5.61. The Balaban J connectivity index is 1.60. The quantitative estimate of drug-likeness (QED) is 0.697. The molecule has 1 atom stereocenters. The van der Waals surface area contributed by atoms with Crippen LogP contribution >= 0.6 is 0 Å². The van der Waals surface area contributed by atoms with Crippen molar-refractivity contribution < 1.29 is 26.4 Å². The molecule has 2 fully saturated rings. The zero-order chi connectivity index (χ0) is 21.9. The third-order valence-corrected chi connectivity index (χ3v) is 7.80. The van der Waals surface area contributed by atoms with Crippen molar-refractivity contribution in [1.82, 2.24) is 14.1 Å². The maximum Gasteiger partial charge on any atom is 0.416 e. The molecular weight excluding hydrogens is 419 g/mol. The lowest BCUT2D eigenvalue weighted by Gasteiger charge is -2.38. The van der Waals surface area contributed by atoms with Gasteiger partial charge < -0.3 is 4.90 Å². The van der Waals surface area contributed by atoms with Crippen LogP contribution in [0.1, 0.15) is 38.2 Å². The number of likely N-dealkylation sites (tertiary alicyclic amines) is 1. The van der Waals surface area contributed by atoms with Gasteiger partial charge in [-0.05, 0) is 43.9 Å². The maximum absolute atomic E-state index is 12.9. The second-order valence-corrected chi connectivity index (χ2v) is 9.79. The van der Waals surface area contributed by atoms with Crippen LogP contribution in [0.2, 0.25) is 0 Å². The molecule has 0 bridgehead atoms. The van der Waals surface area contributed by atoms with Crippen LogP contribution in [0.25, 0.3) is 0 Å². The minimum Gasteiger partial charge on any atom is -0.339 e. The first-order valence-corrected chi connectivity index (χ1v) is 11.8. The summed E-state index contributed by atoms with van der Waals surface area (Å²) in [5.74, 6) is 0.0655. The number of nitrogens with zero attached hydrogens (tertiary/aromatic N) is 3. The van der Waals surface area contributed by atoms with Crippen LogP contribution < -0.4 is 0 Å². The molecule has 168 valence electrons. The number of piperidine rings is 1. The van der Waals surface area contributed by atoms with Crippen LogP contribution in [-0.2, 0) is 21.0 Å². The molecule has 1 aromatic rings. The fourth-order valence-electron chi connectivity index (χ4n) is 4.15. The van der Waals surface area contributed by atoms with E-state index >= 15 is 0 Å². The van der Waals surface area contributed by atoms with E-state index in [4.69, 9.17) is 0 Å². The third-order valence-electron chi connectivity index (χ3n) is 5.91. The summed E-state index contributed by atoms with van der Waals surface area (Å²) in [7, 11) is -4.02. The van der Waals surface area contributed by atoms with Crippen molar-refractivity contribution in [3.05, 3.63) is 29.8 Å². The number of amides is 1. The lowest BCUT2D eigenvalue weighted by molar-refractivity contribution is -0.138. The standard InChI is InChI=1S/C20H28F3N3O3S/c1-2-17-7-3-4-9-26(17)19(27)15-24-10-12-25(13-11-24)30(28,29)18-8-5-6-16(14-18)20(21,22)23/h5-6,8,14,17H,2-4,7,9-13,15H2,1H3. The van der Waals surface area contributed by atoms with Crippen molar-refractivity contribution in [2.45, 2.75) is 49.7 Å². The predicted molar refractivity (Wildman–Crippen MR) is 106 cm³/mol. The van der Waals surface area contributed by atoms with Crippen LogP contribution in [0.3, 0.4) is 0 Å². The highest BCUT2D eigenvalue weighted by Crippen LogP contribution is 2.31. The molecule has 1 aromatic carbocycles. The summed E-state index contributed by atoms with van der Waals surface area (Å²) in [6.45, 7) is 4.11. The monoisotopic (exact) mass is 447 g/mol. The predicted octanol–water partition coefficient (Wildman–Crippen LogP) is 2.80. The van der Waals surface area contributed by atoms with Gasteiger partial charge in [-0.1, -0.05) is 13.0 Å². The Morgan fingerprint density at radius 1 is 1.10 bits per heavy atom. The van der Waals surface area contributed by atoms with E-state index in [0.29, 0.717) is 19.2 Å². The summed E-state index contributed by atoms with van der Waals surface area (Å²) in [5, 5.41) is 0. The Hall–Kier alpha value is -1.65. The highest BCUT2D eigenvalue weighted by atomic mass is 32.2. The molecule has 1 amide bonds. The Kier molecular flexibility index (Phi) is 7.09. The number of carbonyl (C=O) groups is 1. The van der Waals surface area contributed by atoms with Crippen LogP contribution in [-0.4, -0.2) is 73.7 Å². The largest absolute Gasteiger partial charge is 0.416 e. The van der Waals surface area contributed by atoms with Gasteiger partial charge in [0.1, 0.15) is 0 Å². The molecule has 0 spiro atoms. The van der Waals surface area contributed by atoms with E-state index in [1.165, 1.54) is 10.4 Å². The van der Waals surface area contributed by atoms with Crippen molar-refractivity contribution in [2.24, 2.45) is 0 Å². The minimum absolute atomic E-state index is 0.0655. The normalized spacial score (nSPS) is 22.3. The summed E-state index contributed by atoms with van der Waals surface area (Å²) < 4.78 is 65.6. The summed E-state index contributed by atoms with van der Waals surface area (Å²) in [6, 6.07) is 4.09. The average Bonchev–Trinajstić information content (AvgIpc) is 2.73. The van der Waals surface area contributed by atoms with Crippen LogP contribution in [0.4, 0.5) is 13.2 Å². The highest BCUT2D eigenvalue weighted by Gasteiger charge is 2.34. The molecule has 2 aliphatic heterocycles. The molecule has 0 N–H and O–H groups in total. The summed E-state index contributed by atoms with van der Waals surface area (Å²) in [4.78, 5) is 16.2. The van der Waals surface area contributed by atoms with Crippen molar-refractivity contribution in [3.63, 3.8) is 0 Å². The molecule has 6 nitrogen and oxygen atoms in total. The van der Waals surface area contributed by atoms with Crippen molar-refractivity contribution in [2.75, 3.05) is 39.3 Å². The lowest BCUT2D eigenvalue weighted by atomic mass is 10.00. The van der Waals surface area contributed by atoms with E-state index < -0.39 is 21.8 Å². The smallest absolute Gasteiger partial charge is 0.339 e. The molecule has 2 heterocycles. The Labute approximate surface area is 175 Å². The molecule has 30 heavy (non-hydrogen) atoms. The van der Waals surface area contributed by atoms with Gasteiger partial charge in [-0.25, -0.2) is 8.42 Å². The van der Waals surface area contributed by atoms with Crippen molar-refractivity contribution >= 4 is 15.9 Å². The molecule has 10 heteroatoms. The first-order chi connectivity index (χ1) is 14.1. The molecular formula is C20H28F3N3O3S. The number of alkyl halides is 3. The maximum atomic E-state index is 12.9. The lowest BCUT2D eigenvalue weighted by Crippen LogP contribution is -2.53. The number of hydrogen-bond acceptors (Lipinski definition) is 4. The van der Waals surface area contributed by atoms with Gasteiger partial charge in [-0.2, -0.15) is 17.5 Å². The van der Waals surface area contributed by atoms with E-state index in [0.717, 1.165) is 44.4 Å². The minimum atomic E-state index is -4.60. The average molecular weight is 448 g/mol. The molecule has 0 saturated carbocycles. The summed E-state index contributed by atoms with van der Waals surface area (Å²) in [6.07, 6.45) is -0.519. The van der Waals surface area contributed by atoms with Gasteiger partial charge in [0.25, 0.3) is 0 Å². The van der Waals surface area contributed by atoms with Crippen LogP contribution in [0.5, 0.6) is 0 Å². The van der Waals surface area contributed by atoms with Gasteiger partial charge in [0.05, 0.1) is 17.0 Å². The number of benzene rings is 1. The van der Waals surface area contributed by atoms with Gasteiger partial charge in [-0.3, -0.25) is 9.69 Å². The van der Waals surface area contributed by atoms with E-state index in [1.807, 2.05) is 9.80 Å². The Morgan fingerprint density at radius 2 is 1.80 bits per heavy atom. The third kappa shape index (κ3) is 5.15. The van der Waals surface area contributed by atoms with Crippen molar-refractivity contribution in [3.8, 4) is 0 Å². The number of halogens is 3. The first kappa shape index (κ1) is 23.0. The van der Waals surface area contributed by atoms with Crippen LogP contribution in [0.15, 0.2) is 29.2 Å². The molecule has 1 unspecified atom stereocenters. The number of sulfonamides is 1. The topological polar surface area (TPSA) is 60.9 Å². The van der Waals surface area contributed by atoms with Crippen molar-refractivity contribution in [1.29, 1.82) is 0 Å². The molecule has 2 aliphatic rings. The van der Waals surface area contributed by atoms with Crippen LogP contribution in [0, 0.1) is 0 Å². The van der Waals surface area contributed by atoms with E-state index in [2.05, 4.69) is 6.92 Å². The molecule has 0 aliphatic carbocycles. The van der Waals surface area contributed by atoms with Gasteiger partial charge in [0, 0.05) is 38.8 Å². The second-order valence-electron chi connectivity index (χ2n) is 7.85. The highest BCUT2D eigenvalue weighted by molar-refractivity contribution is 7.89. The molecule has 2 saturated heterocycles. The summed E-state index contributed by atoms with van der Waals surface area (Å²) in [5.41, 5.74) is -0.986. The molecule has 0 radical (unpaired) electrons. The first-order valence-electron chi connectivity index (χ1n) is 10.3. The van der Waals surface area contributed by atoms with Gasteiger partial charge in [-0.15, -0.1) is 0 Å². The Morgan fingerprint density at radius 3 is 2.43 bits per heavy atom. The summed E-state index contributed by atoms with van der Waals surface area (Å²) >= 11 is 0. The number of carbonyl (C=O) groups excluding carboxylic acids is 1. The van der Waals surface area contributed by atoms with Gasteiger partial charge >= 0.3 is 6.18 Å². The van der Waals surface area contributed by atoms with E-state index in [9.17, 15) is 26.4 Å². The van der Waals surface area contributed by atoms with Gasteiger partial charge in [0.15, 0.2) is 0 Å². The number of hydrogen-bond donors (Lipinski definition) is 0. The zero-order valence-corrected chi connectivity index (χ0v) is 17.9. The number of rotatable bonds is 5. The SMILES string of the molecule is CCC1CCCCN1C(=O)CN1CCN(S(=O)(=O)c2cccc(C(F)(F)F)c2)CC1. The van der Waals surface area contributed by atoms with E-state index in [1.54, 1.807) is 0 Å². The van der Waals surface area contributed by atoms with Gasteiger partial charge in [0.2, 0.25) is 15.9 Å². The molecule has 0 aromatic heterocycles. The molecule has 3 rings (SSSR count). The van der Waals surface area contributed by atoms with E-state index in [-0.39, 0.29) is 36.5 Å². The number of piperazine rings is 1. The Bertz CT molecular complexity index is 852. The zero-order valence-electron chi connectivity index (χ0n) is 17.1.